The molecule has 1 aromatic heterocycles. The molecule has 1 aliphatic heterocycles. The van der Waals surface area contributed by atoms with Gasteiger partial charge in [0.25, 0.3) is 5.91 Å². The Bertz CT molecular complexity index is 654. The third kappa shape index (κ3) is 1.86. The van der Waals surface area contributed by atoms with E-state index in [1.807, 2.05) is 42.5 Å². The molecule has 2 N–H and O–H groups in total. The highest BCUT2D eigenvalue weighted by molar-refractivity contribution is 6.07. The summed E-state index contributed by atoms with van der Waals surface area (Å²) in [6.45, 7) is 3.77. The van der Waals surface area contributed by atoms with E-state index in [-0.39, 0.29) is 5.91 Å². The minimum Gasteiger partial charge on any atom is -0.366 e. The molecule has 1 atom stereocenters. The monoisotopic (exact) mass is 265 g/mol. The fraction of sp³-hybridized carbons (Fsp3) is 0.125. The largest absolute Gasteiger partial charge is 0.366 e. The lowest BCUT2D eigenvalue weighted by Crippen LogP contribution is -2.42. The zero-order chi connectivity index (χ0) is 14.0. The number of hydrogen-bond donors (Lipinski definition) is 2. The quantitative estimate of drug-likeness (QED) is 0.836. The Morgan fingerprint density at radius 2 is 2.05 bits per heavy atom. The van der Waals surface area contributed by atoms with Gasteiger partial charge in [0, 0.05) is 18.3 Å². The summed E-state index contributed by atoms with van der Waals surface area (Å²) in [5.41, 5.74) is 1.46. The Morgan fingerprint density at radius 1 is 1.25 bits per heavy atom. The lowest BCUT2D eigenvalue weighted by atomic mass is 9.91. The van der Waals surface area contributed by atoms with E-state index in [1.54, 1.807) is 12.3 Å². The molecule has 1 amide bonds. The van der Waals surface area contributed by atoms with E-state index in [2.05, 4.69) is 22.2 Å². The lowest BCUT2D eigenvalue weighted by Gasteiger charge is -2.27. The highest BCUT2D eigenvalue weighted by Gasteiger charge is 2.47. The Labute approximate surface area is 117 Å². The molecule has 0 saturated heterocycles. The van der Waals surface area contributed by atoms with Crippen LogP contribution in [0.3, 0.4) is 0 Å². The number of aromatic nitrogens is 1. The van der Waals surface area contributed by atoms with Gasteiger partial charge in [-0.3, -0.25) is 9.78 Å². The number of carbonyl (C=O) groups excluding carboxylic acids is 1. The Balaban J connectivity index is 2.08. The summed E-state index contributed by atoms with van der Waals surface area (Å²) < 4.78 is 0. The minimum atomic E-state index is -0.889. The van der Waals surface area contributed by atoms with E-state index in [9.17, 15) is 4.79 Å². The standard InChI is InChI=1S/C16H15N3O/c1-2-10-16(19-12-7-4-3-5-8-12)14-13(18-15(16)20)9-6-11-17-14/h2-9,11,19H,1,10H2,(H,18,20). The van der Waals surface area contributed by atoms with Crippen molar-refractivity contribution < 1.29 is 4.79 Å². The van der Waals surface area contributed by atoms with Crippen molar-refractivity contribution in [2.75, 3.05) is 10.6 Å². The molecular weight excluding hydrogens is 250 g/mol. The van der Waals surface area contributed by atoms with Gasteiger partial charge in [-0.05, 0) is 24.3 Å². The average molecular weight is 265 g/mol. The SMILES string of the molecule is C=CCC1(Nc2ccccc2)C(=O)Nc2cccnc21. The maximum atomic E-state index is 12.5. The summed E-state index contributed by atoms with van der Waals surface area (Å²) in [6.07, 6.45) is 3.90. The highest BCUT2D eigenvalue weighted by Crippen LogP contribution is 2.39. The van der Waals surface area contributed by atoms with Crippen molar-refractivity contribution in [3.63, 3.8) is 0 Å². The molecule has 0 aliphatic carbocycles. The first-order valence-corrected chi connectivity index (χ1v) is 6.47. The van der Waals surface area contributed by atoms with Crippen molar-refractivity contribution in [1.82, 2.24) is 4.98 Å². The Kier molecular flexibility index (Phi) is 2.99. The predicted octanol–water partition coefficient (Wildman–Crippen LogP) is 2.92. The molecule has 3 rings (SSSR count). The number of nitrogens with one attached hydrogen (secondary N) is 2. The van der Waals surface area contributed by atoms with Gasteiger partial charge in [0.15, 0.2) is 5.54 Å². The van der Waals surface area contributed by atoms with Gasteiger partial charge in [-0.2, -0.15) is 0 Å². The Hall–Kier alpha value is -2.62. The normalized spacial score (nSPS) is 20.1. The van der Waals surface area contributed by atoms with Gasteiger partial charge < -0.3 is 10.6 Å². The Morgan fingerprint density at radius 3 is 2.80 bits per heavy atom. The maximum Gasteiger partial charge on any atom is 0.256 e. The summed E-state index contributed by atoms with van der Waals surface area (Å²) in [6, 6.07) is 13.3. The molecular formula is C16H15N3O. The number of fused-ring (bicyclic) bond motifs is 1. The number of anilines is 2. The fourth-order valence-corrected chi connectivity index (χ4v) is 2.52. The first-order valence-electron chi connectivity index (χ1n) is 6.47. The molecule has 1 unspecified atom stereocenters. The summed E-state index contributed by atoms with van der Waals surface area (Å²) in [5.74, 6) is -0.102. The van der Waals surface area contributed by atoms with Crippen molar-refractivity contribution >= 4 is 17.3 Å². The van der Waals surface area contributed by atoms with E-state index in [4.69, 9.17) is 0 Å². The molecule has 2 heterocycles. The molecule has 20 heavy (non-hydrogen) atoms. The van der Waals surface area contributed by atoms with E-state index in [0.717, 1.165) is 11.4 Å². The van der Waals surface area contributed by atoms with Crippen LogP contribution in [0.4, 0.5) is 11.4 Å². The van der Waals surface area contributed by atoms with Gasteiger partial charge in [-0.1, -0.05) is 24.3 Å². The predicted molar refractivity (Wildman–Crippen MR) is 79.4 cm³/mol. The average Bonchev–Trinajstić information content (AvgIpc) is 2.74. The maximum absolute atomic E-state index is 12.5. The van der Waals surface area contributed by atoms with Crippen molar-refractivity contribution in [3.05, 3.63) is 67.0 Å². The molecule has 0 saturated carbocycles. The van der Waals surface area contributed by atoms with Crippen LogP contribution < -0.4 is 10.6 Å². The summed E-state index contributed by atoms with van der Waals surface area (Å²) >= 11 is 0. The topological polar surface area (TPSA) is 54.0 Å². The summed E-state index contributed by atoms with van der Waals surface area (Å²) in [5, 5.41) is 6.20. The van der Waals surface area contributed by atoms with E-state index in [1.165, 1.54) is 0 Å². The number of hydrogen-bond acceptors (Lipinski definition) is 3. The van der Waals surface area contributed by atoms with Crippen LogP contribution in [0.1, 0.15) is 12.1 Å². The zero-order valence-electron chi connectivity index (χ0n) is 11.0. The molecule has 2 aromatic rings. The van der Waals surface area contributed by atoms with Crippen LogP contribution in [0.2, 0.25) is 0 Å². The molecule has 4 heteroatoms. The number of carbonyl (C=O) groups is 1. The van der Waals surface area contributed by atoms with Gasteiger partial charge in [0.05, 0.1) is 11.4 Å². The number of benzene rings is 1. The first kappa shape index (κ1) is 12.4. The fourth-order valence-electron chi connectivity index (χ4n) is 2.52. The van der Waals surface area contributed by atoms with Crippen molar-refractivity contribution in [2.45, 2.75) is 12.0 Å². The van der Waals surface area contributed by atoms with Gasteiger partial charge >= 0.3 is 0 Å². The number of pyridine rings is 1. The van der Waals surface area contributed by atoms with E-state index in [0.29, 0.717) is 12.1 Å². The number of para-hydroxylation sites is 1. The molecule has 0 radical (unpaired) electrons. The lowest BCUT2D eigenvalue weighted by molar-refractivity contribution is -0.119. The number of amides is 1. The third-order valence-corrected chi connectivity index (χ3v) is 3.43. The van der Waals surface area contributed by atoms with Crippen LogP contribution in [-0.2, 0) is 10.3 Å². The second kappa shape index (κ2) is 4.81. The number of nitrogens with zero attached hydrogens (tertiary/aromatic N) is 1. The molecule has 100 valence electrons. The van der Waals surface area contributed by atoms with Crippen LogP contribution in [0.25, 0.3) is 0 Å². The number of rotatable bonds is 4. The minimum absolute atomic E-state index is 0.102. The van der Waals surface area contributed by atoms with Gasteiger partial charge in [-0.25, -0.2) is 0 Å². The molecule has 0 spiro atoms. The van der Waals surface area contributed by atoms with Crippen LogP contribution in [0, 0.1) is 0 Å². The van der Waals surface area contributed by atoms with Crippen LogP contribution in [0.5, 0.6) is 0 Å². The highest BCUT2D eigenvalue weighted by atomic mass is 16.2. The van der Waals surface area contributed by atoms with Gasteiger partial charge in [0.2, 0.25) is 0 Å². The second-order valence-corrected chi connectivity index (χ2v) is 4.74. The van der Waals surface area contributed by atoms with Crippen molar-refractivity contribution in [2.24, 2.45) is 0 Å². The van der Waals surface area contributed by atoms with Gasteiger partial charge in [-0.15, -0.1) is 6.58 Å². The zero-order valence-corrected chi connectivity index (χ0v) is 11.0. The summed E-state index contributed by atoms with van der Waals surface area (Å²) in [7, 11) is 0. The molecule has 0 fully saturated rings. The van der Waals surface area contributed by atoms with E-state index < -0.39 is 5.54 Å². The summed E-state index contributed by atoms with van der Waals surface area (Å²) in [4.78, 5) is 16.9. The smallest absolute Gasteiger partial charge is 0.256 e. The van der Waals surface area contributed by atoms with Crippen molar-refractivity contribution in [3.8, 4) is 0 Å². The third-order valence-electron chi connectivity index (χ3n) is 3.43. The molecule has 1 aromatic carbocycles. The van der Waals surface area contributed by atoms with Crippen LogP contribution in [-0.4, -0.2) is 10.9 Å². The first-order chi connectivity index (χ1) is 9.76. The second-order valence-electron chi connectivity index (χ2n) is 4.74. The van der Waals surface area contributed by atoms with Crippen LogP contribution >= 0.6 is 0 Å². The van der Waals surface area contributed by atoms with E-state index >= 15 is 0 Å². The van der Waals surface area contributed by atoms with Crippen molar-refractivity contribution in [1.29, 1.82) is 0 Å². The van der Waals surface area contributed by atoms with Crippen LogP contribution in [0.15, 0.2) is 61.3 Å². The van der Waals surface area contributed by atoms with Gasteiger partial charge in [0.1, 0.15) is 0 Å². The molecule has 0 bridgehead atoms. The molecule has 1 aliphatic rings. The molecule has 4 nitrogen and oxygen atoms in total.